The van der Waals surface area contributed by atoms with Gasteiger partial charge in [-0.25, -0.2) is 10.2 Å². The summed E-state index contributed by atoms with van der Waals surface area (Å²) in [5.74, 6) is 0. The van der Waals surface area contributed by atoms with Crippen LogP contribution in [0.25, 0.3) is 0 Å². The number of urea groups is 1. The smallest absolute Gasteiger partial charge is 0.360 e. The number of nitrogens with zero attached hydrogens (tertiary/aromatic N) is 3. The van der Waals surface area contributed by atoms with Crippen molar-refractivity contribution in [3.63, 3.8) is 0 Å². The minimum atomic E-state index is -0.328. The van der Waals surface area contributed by atoms with E-state index in [4.69, 9.17) is 0 Å². The van der Waals surface area contributed by atoms with E-state index in [-0.39, 0.29) is 17.0 Å². The molecule has 8 heteroatoms. The van der Waals surface area contributed by atoms with Crippen LogP contribution in [0.15, 0.2) is 41.5 Å². The Balaban J connectivity index is 0.00000144. The van der Waals surface area contributed by atoms with Crippen LogP contribution in [0.5, 0.6) is 0 Å². The molecule has 2 amide bonds. The summed E-state index contributed by atoms with van der Waals surface area (Å²) in [5.41, 5.74) is 6.79. The molecule has 1 aromatic heterocycles. The molecule has 0 radical (unpaired) electrons. The van der Waals surface area contributed by atoms with Crippen molar-refractivity contribution in [2.24, 2.45) is 5.10 Å². The molecule has 0 atom stereocenters. The van der Waals surface area contributed by atoms with Crippen molar-refractivity contribution in [1.29, 1.82) is 0 Å². The van der Waals surface area contributed by atoms with E-state index in [1.54, 1.807) is 30.9 Å². The summed E-state index contributed by atoms with van der Waals surface area (Å²) in [4.78, 5) is 15.3. The first-order valence-electron chi connectivity index (χ1n) is 4.73. The SMILES string of the molecule is CC1=CN(N=Cc2cccnc2)C(=O)NN1.O.O. The van der Waals surface area contributed by atoms with Gasteiger partial charge < -0.3 is 11.0 Å². The summed E-state index contributed by atoms with van der Waals surface area (Å²) in [7, 11) is 0. The van der Waals surface area contributed by atoms with Crippen LogP contribution < -0.4 is 10.9 Å². The first-order valence-corrected chi connectivity index (χ1v) is 4.73. The Hall–Kier alpha value is -2.45. The average Bonchev–Trinajstić information content (AvgIpc) is 2.32. The third-order valence-corrected chi connectivity index (χ3v) is 1.91. The molecule has 0 saturated heterocycles. The van der Waals surface area contributed by atoms with Crippen molar-refractivity contribution in [1.82, 2.24) is 20.8 Å². The van der Waals surface area contributed by atoms with Crippen LogP contribution in [0.1, 0.15) is 12.5 Å². The van der Waals surface area contributed by atoms with Crippen LogP contribution in [-0.4, -0.2) is 33.2 Å². The number of aromatic nitrogens is 1. The first kappa shape index (κ1) is 15.6. The third-order valence-electron chi connectivity index (χ3n) is 1.91. The van der Waals surface area contributed by atoms with Gasteiger partial charge in [0, 0.05) is 23.7 Å². The van der Waals surface area contributed by atoms with Crippen molar-refractivity contribution in [3.8, 4) is 0 Å². The van der Waals surface area contributed by atoms with Crippen LogP contribution in [0.3, 0.4) is 0 Å². The highest BCUT2D eigenvalue weighted by atomic mass is 16.2. The van der Waals surface area contributed by atoms with Gasteiger partial charge in [-0.1, -0.05) is 6.07 Å². The predicted molar refractivity (Wildman–Crippen MR) is 66.3 cm³/mol. The minimum Gasteiger partial charge on any atom is -0.412 e. The largest absolute Gasteiger partial charge is 0.412 e. The lowest BCUT2D eigenvalue weighted by molar-refractivity contribution is 0.208. The first-order chi connectivity index (χ1) is 7.75. The van der Waals surface area contributed by atoms with E-state index in [1.165, 1.54) is 5.01 Å². The number of amides is 2. The van der Waals surface area contributed by atoms with Gasteiger partial charge in [0.1, 0.15) is 0 Å². The van der Waals surface area contributed by atoms with Crippen LogP contribution in [0.4, 0.5) is 4.79 Å². The monoisotopic (exact) mass is 253 g/mol. The van der Waals surface area contributed by atoms with Crippen molar-refractivity contribution in [2.75, 3.05) is 0 Å². The van der Waals surface area contributed by atoms with Gasteiger partial charge in [-0.05, 0) is 13.0 Å². The quantitative estimate of drug-likeness (QED) is 0.665. The summed E-state index contributed by atoms with van der Waals surface area (Å²) in [6.45, 7) is 1.83. The van der Waals surface area contributed by atoms with Gasteiger partial charge in [0.05, 0.1) is 12.4 Å². The predicted octanol–water partition coefficient (Wildman–Crippen LogP) is -0.843. The second-order valence-electron chi connectivity index (χ2n) is 3.24. The standard InChI is InChI=1S/C10H11N5O.2H2O/c1-8-7-15(10(16)14-13-8)12-6-9-3-2-4-11-5-9;;/h2-7,13H,1H3,(H,14,16);2*1H2. The lowest BCUT2D eigenvalue weighted by atomic mass is 10.3. The van der Waals surface area contributed by atoms with Crippen LogP contribution in [0, 0.1) is 0 Å². The van der Waals surface area contributed by atoms with Gasteiger partial charge in [-0.2, -0.15) is 10.1 Å². The third kappa shape index (κ3) is 3.85. The summed E-state index contributed by atoms with van der Waals surface area (Å²) >= 11 is 0. The summed E-state index contributed by atoms with van der Waals surface area (Å²) in [6.07, 6.45) is 6.52. The van der Waals surface area contributed by atoms with E-state index in [2.05, 4.69) is 20.9 Å². The highest BCUT2D eigenvalue weighted by Crippen LogP contribution is 2.01. The average molecular weight is 253 g/mol. The fraction of sp³-hybridized carbons (Fsp3) is 0.100. The molecule has 98 valence electrons. The Morgan fingerprint density at radius 1 is 1.39 bits per heavy atom. The van der Waals surface area contributed by atoms with Crippen molar-refractivity contribution < 1.29 is 15.7 Å². The van der Waals surface area contributed by atoms with Gasteiger partial charge in [-0.15, -0.1) is 0 Å². The molecule has 1 aliphatic rings. The normalized spacial score (nSPS) is 13.9. The minimum absolute atomic E-state index is 0. The van der Waals surface area contributed by atoms with Crippen LogP contribution in [-0.2, 0) is 0 Å². The second-order valence-corrected chi connectivity index (χ2v) is 3.24. The Kier molecular flexibility index (Phi) is 6.04. The van der Waals surface area contributed by atoms with Crippen molar-refractivity contribution in [2.45, 2.75) is 6.92 Å². The molecule has 2 rings (SSSR count). The molecule has 0 bridgehead atoms. The number of rotatable bonds is 2. The summed E-state index contributed by atoms with van der Waals surface area (Å²) in [6, 6.07) is 3.33. The van der Waals surface area contributed by atoms with E-state index in [0.717, 1.165) is 11.3 Å². The molecule has 1 aliphatic heterocycles. The number of hydrazone groups is 1. The Morgan fingerprint density at radius 2 is 2.17 bits per heavy atom. The van der Waals surface area contributed by atoms with Gasteiger partial charge in [0.15, 0.2) is 0 Å². The molecule has 6 N–H and O–H groups in total. The number of hydrogen-bond acceptors (Lipinski definition) is 4. The fourth-order valence-electron chi connectivity index (χ4n) is 1.15. The molecule has 0 fully saturated rings. The molecule has 8 nitrogen and oxygen atoms in total. The molecule has 0 unspecified atom stereocenters. The maximum atomic E-state index is 11.3. The van der Waals surface area contributed by atoms with Crippen molar-refractivity contribution in [3.05, 3.63) is 42.0 Å². The van der Waals surface area contributed by atoms with Gasteiger partial charge in [0.2, 0.25) is 0 Å². The molecule has 0 spiro atoms. The Bertz CT molecular complexity index is 446. The molecular weight excluding hydrogens is 238 g/mol. The summed E-state index contributed by atoms with van der Waals surface area (Å²) < 4.78 is 0. The number of carbonyl (C=O) groups excluding carboxylic acids is 1. The summed E-state index contributed by atoms with van der Waals surface area (Å²) in [5, 5.41) is 5.25. The highest BCUT2D eigenvalue weighted by Gasteiger charge is 2.13. The maximum Gasteiger partial charge on any atom is 0.360 e. The molecular formula is C10H15N5O3. The molecule has 2 heterocycles. The van der Waals surface area contributed by atoms with Crippen LogP contribution >= 0.6 is 0 Å². The highest BCUT2D eigenvalue weighted by molar-refractivity contribution is 5.82. The number of allylic oxidation sites excluding steroid dienone is 1. The van der Waals surface area contributed by atoms with E-state index < -0.39 is 0 Å². The zero-order valence-corrected chi connectivity index (χ0v) is 9.71. The number of nitrogens with one attached hydrogen (secondary N) is 2. The Morgan fingerprint density at radius 3 is 2.83 bits per heavy atom. The van der Waals surface area contributed by atoms with Gasteiger partial charge in [-0.3, -0.25) is 10.4 Å². The van der Waals surface area contributed by atoms with E-state index >= 15 is 0 Å². The lowest BCUT2D eigenvalue weighted by Crippen LogP contribution is -2.46. The molecule has 0 aromatic carbocycles. The van der Waals surface area contributed by atoms with E-state index in [9.17, 15) is 4.79 Å². The van der Waals surface area contributed by atoms with Crippen LogP contribution in [0.2, 0.25) is 0 Å². The molecule has 18 heavy (non-hydrogen) atoms. The Labute approximate surface area is 104 Å². The number of carbonyl (C=O) groups is 1. The zero-order chi connectivity index (χ0) is 11.4. The maximum absolute atomic E-state index is 11.3. The van der Waals surface area contributed by atoms with E-state index in [0.29, 0.717) is 0 Å². The molecule has 0 aliphatic carbocycles. The second kappa shape index (κ2) is 6.99. The number of hydrogen-bond donors (Lipinski definition) is 2. The molecule has 1 aromatic rings. The number of pyridine rings is 1. The van der Waals surface area contributed by atoms with Crippen molar-refractivity contribution >= 4 is 12.2 Å². The zero-order valence-electron chi connectivity index (χ0n) is 9.71. The fourth-order valence-corrected chi connectivity index (χ4v) is 1.15. The number of hydrazine groups is 1. The van der Waals surface area contributed by atoms with Gasteiger partial charge in [0.25, 0.3) is 0 Å². The molecule has 0 saturated carbocycles. The van der Waals surface area contributed by atoms with E-state index in [1.807, 2.05) is 13.0 Å². The topological polar surface area (TPSA) is 133 Å². The lowest BCUT2D eigenvalue weighted by Gasteiger charge is -2.21. The van der Waals surface area contributed by atoms with Gasteiger partial charge >= 0.3 is 6.03 Å².